The average molecular weight is 462 g/mol. The molecule has 7 rings (SSSR count). The summed E-state index contributed by atoms with van der Waals surface area (Å²) in [5, 5.41) is 13.9. The number of nitrogens with one attached hydrogen (secondary N) is 1. The van der Waals surface area contributed by atoms with Crippen LogP contribution in [0, 0.1) is 19.3 Å². The van der Waals surface area contributed by atoms with Crippen molar-refractivity contribution in [2.75, 3.05) is 11.4 Å². The minimum Gasteiger partial charge on any atom is -0.366 e. The van der Waals surface area contributed by atoms with Gasteiger partial charge in [-0.15, -0.1) is 0 Å². The van der Waals surface area contributed by atoms with E-state index in [2.05, 4.69) is 39.9 Å². The van der Waals surface area contributed by atoms with E-state index in [9.17, 15) is 4.79 Å². The van der Waals surface area contributed by atoms with Crippen LogP contribution in [-0.4, -0.2) is 42.5 Å². The number of hydrogen-bond donors (Lipinski definition) is 1. The van der Waals surface area contributed by atoms with Crippen molar-refractivity contribution >= 4 is 22.6 Å². The monoisotopic (exact) mass is 461 g/mol. The highest BCUT2D eigenvalue weighted by atomic mass is 16.1. The van der Waals surface area contributed by atoms with Gasteiger partial charge in [-0.25, -0.2) is 4.98 Å². The van der Waals surface area contributed by atoms with Crippen LogP contribution in [0.1, 0.15) is 68.1 Å². The van der Waals surface area contributed by atoms with Crippen LogP contribution < -0.4 is 10.2 Å². The first-order valence-electron chi connectivity index (χ1n) is 12.6. The zero-order valence-corrected chi connectivity index (χ0v) is 20.8. The number of aromatic nitrogens is 5. The van der Waals surface area contributed by atoms with Crippen molar-refractivity contribution in [1.82, 2.24) is 29.9 Å². The highest BCUT2D eigenvalue weighted by molar-refractivity contribution is 5.89. The van der Waals surface area contributed by atoms with Crippen molar-refractivity contribution in [2.24, 2.45) is 12.5 Å². The standard InChI is InChI=1S/C26H35N7O/c1-17-13-23(20-14-27-31(4)24(20)28-17)32-12-5-22-21(15-32)18(2)30-33(22)16-25-6-9-26(10-7-25,11-8-25)29-19(3)34/h13-14H,5-12,15-16H2,1-4H3,(H,29,34). The number of rotatable bonds is 4. The number of hydrogen-bond acceptors (Lipinski definition) is 5. The molecule has 3 fully saturated rings. The van der Waals surface area contributed by atoms with E-state index in [4.69, 9.17) is 10.1 Å². The van der Waals surface area contributed by atoms with Crippen molar-refractivity contribution in [1.29, 1.82) is 0 Å². The zero-order valence-electron chi connectivity index (χ0n) is 20.8. The van der Waals surface area contributed by atoms with Crippen LogP contribution in [-0.2, 0) is 31.4 Å². The van der Waals surface area contributed by atoms with Gasteiger partial charge in [0.1, 0.15) is 0 Å². The highest BCUT2D eigenvalue weighted by Crippen LogP contribution is 2.53. The number of nitrogens with zero attached hydrogens (tertiary/aromatic N) is 6. The smallest absolute Gasteiger partial charge is 0.217 e. The minimum absolute atomic E-state index is 0.0495. The molecule has 0 spiro atoms. The molecule has 0 saturated heterocycles. The molecule has 0 radical (unpaired) electrons. The van der Waals surface area contributed by atoms with Gasteiger partial charge in [0.25, 0.3) is 0 Å². The number of aryl methyl sites for hydroxylation is 3. The molecule has 8 nitrogen and oxygen atoms in total. The van der Waals surface area contributed by atoms with Gasteiger partial charge < -0.3 is 10.2 Å². The Morgan fingerprint density at radius 1 is 1.15 bits per heavy atom. The quantitative estimate of drug-likeness (QED) is 0.642. The highest BCUT2D eigenvalue weighted by Gasteiger charge is 2.49. The van der Waals surface area contributed by atoms with Crippen molar-refractivity contribution < 1.29 is 4.79 Å². The number of fused-ring (bicyclic) bond motifs is 5. The Kier molecular flexibility index (Phi) is 4.80. The Bertz CT molecular complexity index is 1260. The number of carbonyl (C=O) groups excluding carboxylic acids is 1. The molecule has 3 aromatic rings. The normalized spacial score (nSPS) is 26.2. The second-order valence-electron chi connectivity index (χ2n) is 11.1. The summed E-state index contributed by atoms with van der Waals surface area (Å²) >= 11 is 0. The molecular formula is C26H35N7O. The van der Waals surface area contributed by atoms with Crippen molar-refractivity contribution in [3.05, 3.63) is 34.9 Å². The summed E-state index contributed by atoms with van der Waals surface area (Å²) in [5.74, 6) is 0.115. The lowest BCUT2D eigenvalue weighted by Crippen LogP contribution is -2.57. The number of anilines is 1. The molecule has 8 heteroatoms. The molecule has 3 aliphatic carbocycles. The largest absolute Gasteiger partial charge is 0.366 e. The van der Waals surface area contributed by atoms with Gasteiger partial charge in [-0.05, 0) is 63.9 Å². The lowest BCUT2D eigenvalue weighted by molar-refractivity contribution is -0.123. The summed E-state index contributed by atoms with van der Waals surface area (Å²) in [6, 6.07) is 2.19. The van der Waals surface area contributed by atoms with Gasteiger partial charge in [-0.1, -0.05) is 0 Å². The fraction of sp³-hybridized carbons (Fsp3) is 0.615. The Balaban J connectivity index is 1.24. The zero-order chi connectivity index (χ0) is 23.7. The molecule has 1 amide bonds. The SMILES string of the molecule is CC(=O)NC12CCC(Cn3nc(C)c4c3CCN(c3cc(C)nc5c3cnn5C)C4)(CC1)CC2. The fourth-order valence-corrected chi connectivity index (χ4v) is 6.86. The molecule has 4 heterocycles. The van der Waals surface area contributed by atoms with E-state index in [1.54, 1.807) is 6.92 Å². The van der Waals surface area contributed by atoms with Gasteiger partial charge >= 0.3 is 0 Å². The number of carbonyl (C=O) groups is 1. The molecular weight excluding hydrogens is 426 g/mol. The number of amides is 1. The van der Waals surface area contributed by atoms with Gasteiger partial charge in [0.2, 0.25) is 5.91 Å². The van der Waals surface area contributed by atoms with Gasteiger partial charge in [0.15, 0.2) is 5.65 Å². The summed E-state index contributed by atoms with van der Waals surface area (Å²) in [5.41, 5.74) is 7.52. The van der Waals surface area contributed by atoms with Crippen LogP contribution in [0.3, 0.4) is 0 Å². The number of pyridine rings is 1. The van der Waals surface area contributed by atoms with Gasteiger partial charge in [0, 0.05) is 62.5 Å². The molecule has 180 valence electrons. The molecule has 1 N–H and O–H groups in total. The van der Waals surface area contributed by atoms with Crippen molar-refractivity contribution in [2.45, 2.75) is 84.3 Å². The van der Waals surface area contributed by atoms with E-state index < -0.39 is 0 Å². The molecule has 2 bridgehead atoms. The third-order valence-electron chi connectivity index (χ3n) is 8.81. The second kappa shape index (κ2) is 7.55. The first kappa shape index (κ1) is 21.6. The van der Waals surface area contributed by atoms with Crippen LogP contribution in [0.4, 0.5) is 5.69 Å². The van der Waals surface area contributed by atoms with Crippen LogP contribution in [0.15, 0.2) is 12.3 Å². The minimum atomic E-state index is 0.0495. The average Bonchev–Trinajstić information content (AvgIpc) is 3.33. The van der Waals surface area contributed by atoms with E-state index in [1.807, 2.05) is 17.9 Å². The predicted octanol–water partition coefficient (Wildman–Crippen LogP) is 3.57. The van der Waals surface area contributed by atoms with E-state index in [0.717, 1.165) is 67.7 Å². The molecule has 34 heavy (non-hydrogen) atoms. The van der Waals surface area contributed by atoms with Crippen LogP contribution >= 0.6 is 0 Å². The van der Waals surface area contributed by atoms with Gasteiger partial charge in [-0.2, -0.15) is 10.2 Å². The lowest BCUT2D eigenvalue weighted by atomic mass is 9.57. The van der Waals surface area contributed by atoms with Crippen LogP contribution in [0.5, 0.6) is 0 Å². The maximum atomic E-state index is 11.7. The molecule has 3 aromatic heterocycles. The fourth-order valence-electron chi connectivity index (χ4n) is 6.86. The molecule has 3 saturated carbocycles. The Hall–Kier alpha value is -2.90. The Morgan fingerprint density at radius 2 is 1.88 bits per heavy atom. The Labute approximate surface area is 200 Å². The Morgan fingerprint density at radius 3 is 2.59 bits per heavy atom. The molecule has 0 atom stereocenters. The van der Waals surface area contributed by atoms with E-state index in [-0.39, 0.29) is 11.4 Å². The summed E-state index contributed by atoms with van der Waals surface area (Å²) in [6.07, 6.45) is 9.80. The first-order chi connectivity index (χ1) is 16.3. The second-order valence-corrected chi connectivity index (χ2v) is 11.1. The first-order valence-corrected chi connectivity index (χ1v) is 12.6. The lowest BCUT2D eigenvalue weighted by Gasteiger charge is -2.53. The van der Waals surface area contributed by atoms with E-state index in [1.165, 1.54) is 36.2 Å². The van der Waals surface area contributed by atoms with Crippen LogP contribution in [0.2, 0.25) is 0 Å². The summed E-state index contributed by atoms with van der Waals surface area (Å²) in [6.45, 7) is 8.75. The van der Waals surface area contributed by atoms with Gasteiger partial charge in [-0.3, -0.25) is 14.2 Å². The van der Waals surface area contributed by atoms with Crippen LogP contribution in [0.25, 0.3) is 11.0 Å². The maximum Gasteiger partial charge on any atom is 0.217 e. The van der Waals surface area contributed by atoms with Crippen molar-refractivity contribution in [3.8, 4) is 0 Å². The third kappa shape index (κ3) is 3.41. The predicted molar refractivity (Wildman–Crippen MR) is 132 cm³/mol. The van der Waals surface area contributed by atoms with Crippen molar-refractivity contribution in [3.63, 3.8) is 0 Å². The topological polar surface area (TPSA) is 80.9 Å². The van der Waals surface area contributed by atoms with E-state index in [0.29, 0.717) is 5.41 Å². The third-order valence-corrected chi connectivity index (χ3v) is 8.81. The summed E-state index contributed by atoms with van der Waals surface area (Å²) < 4.78 is 4.20. The summed E-state index contributed by atoms with van der Waals surface area (Å²) in [7, 11) is 1.96. The molecule has 1 aliphatic heterocycles. The van der Waals surface area contributed by atoms with Gasteiger partial charge in [0.05, 0.1) is 23.0 Å². The molecule has 0 aromatic carbocycles. The molecule has 0 unspecified atom stereocenters. The maximum absolute atomic E-state index is 11.7. The summed E-state index contributed by atoms with van der Waals surface area (Å²) in [4.78, 5) is 18.9. The van der Waals surface area contributed by atoms with E-state index >= 15 is 0 Å². The molecule has 4 aliphatic rings.